The maximum Gasteiger partial charge on any atom is 0.134 e. The third kappa shape index (κ3) is 2.84. The number of rotatable bonds is 4. The quantitative estimate of drug-likeness (QED) is 0.867. The predicted octanol–water partition coefficient (Wildman–Crippen LogP) is 1.33. The number of aromatic nitrogens is 3. The van der Waals surface area contributed by atoms with Gasteiger partial charge in [-0.2, -0.15) is 0 Å². The van der Waals surface area contributed by atoms with Gasteiger partial charge in [0.05, 0.1) is 17.1 Å². The van der Waals surface area contributed by atoms with Crippen molar-refractivity contribution in [3.8, 4) is 0 Å². The van der Waals surface area contributed by atoms with Crippen molar-refractivity contribution < 1.29 is 0 Å². The molecule has 2 N–H and O–H groups in total. The standard InChI is InChI=1S/C11H14N4S/c1-8-14-10(7-16-8)6-11-13-5-3-9(15-11)2-4-12/h3,5,7H,2,4,6,12H2,1H3. The van der Waals surface area contributed by atoms with E-state index in [4.69, 9.17) is 5.73 Å². The van der Waals surface area contributed by atoms with Crippen molar-refractivity contribution in [2.75, 3.05) is 6.54 Å². The van der Waals surface area contributed by atoms with Gasteiger partial charge in [0, 0.05) is 23.7 Å². The molecule has 84 valence electrons. The highest BCUT2D eigenvalue weighted by molar-refractivity contribution is 7.09. The van der Waals surface area contributed by atoms with E-state index in [-0.39, 0.29) is 0 Å². The average molecular weight is 234 g/mol. The summed E-state index contributed by atoms with van der Waals surface area (Å²) in [6.45, 7) is 2.62. The van der Waals surface area contributed by atoms with E-state index in [0.29, 0.717) is 13.0 Å². The third-order valence-corrected chi connectivity index (χ3v) is 2.99. The molecule has 0 aliphatic rings. The van der Waals surface area contributed by atoms with Gasteiger partial charge in [0.1, 0.15) is 5.82 Å². The molecule has 4 nitrogen and oxygen atoms in total. The Balaban J connectivity index is 2.12. The minimum Gasteiger partial charge on any atom is -0.330 e. The van der Waals surface area contributed by atoms with Gasteiger partial charge >= 0.3 is 0 Å². The molecular formula is C11H14N4S. The Morgan fingerprint density at radius 1 is 1.31 bits per heavy atom. The van der Waals surface area contributed by atoms with Gasteiger partial charge in [0.25, 0.3) is 0 Å². The second kappa shape index (κ2) is 5.14. The fraction of sp³-hybridized carbons (Fsp3) is 0.364. The lowest BCUT2D eigenvalue weighted by Crippen LogP contribution is -2.06. The summed E-state index contributed by atoms with van der Waals surface area (Å²) in [5, 5.41) is 3.13. The Kier molecular flexibility index (Phi) is 3.58. The summed E-state index contributed by atoms with van der Waals surface area (Å²) in [5.41, 5.74) is 7.53. The lowest BCUT2D eigenvalue weighted by molar-refractivity contribution is 0.859. The molecule has 0 atom stereocenters. The predicted molar refractivity (Wildman–Crippen MR) is 64.4 cm³/mol. The number of thiazole rings is 1. The Morgan fingerprint density at radius 2 is 2.19 bits per heavy atom. The van der Waals surface area contributed by atoms with E-state index in [2.05, 4.69) is 15.0 Å². The van der Waals surface area contributed by atoms with Gasteiger partial charge in [0.2, 0.25) is 0 Å². The van der Waals surface area contributed by atoms with E-state index in [1.807, 2.05) is 18.4 Å². The Bertz CT molecular complexity index is 467. The van der Waals surface area contributed by atoms with Gasteiger partial charge < -0.3 is 5.73 Å². The van der Waals surface area contributed by atoms with Crippen LogP contribution in [-0.4, -0.2) is 21.5 Å². The summed E-state index contributed by atoms with van der Waals surface area (Å²) in [4.78, 5) is 13.1. The zero-order valence-electron chi connectivity index (χ0n) is 9.18. The summed E-state index contributed by atoms with van der Waals surface area (Å²) in [6, 6.07) is 1.91. The first-order chi connectivity index (χ1) is 7.78. The molecule has 2 rings (SSSR count). The fourth-order valence-electron chi connectivity index (χ4n) is 1.46. The highest BCUT2D eigenvalue weighted by atomic mass is 32.1. The molecule has 16 heavy (non-hydrogen) atoms. The molecule has 0 radical (unpaired) electrons. The molecule has 0 aliphatic heterocycles. The highest BCUT2D eigenvalue weighted by Crippen LogP contribution is 2.10. The second-order valence-corrected chi connectivity index (χ2v) is 4.60. The van der Waals surface area contributed by atoms with Crippen LogP contribution in [0.2, 0.25) is 0 Å². The molecule has 0 bridgehead atoms. The van der Waals surface area contributed by atoms with Crippen LogP contribution in [0, 0.1) is 6.92 Å². The van der Waals surface area contributed by atoms with Crippen molar-refractivity contribution in [1.29, 1.82) is 0 Å². The van der Waals surface area contributed by atoms with E-state index in [1.165, 1.54) is 0 Å². The summed E-state index contributed by atoms with van der Waals surface area (Å²) in [6.07, 6.45) is 3.28. The zero-order chi connectivity index (χ0) is 11.4. The van der Waals surface area contributed by atoms with E-state index in [9.17, 15) is 0 Å². The first-order valence-electron chi connectivity index (χ1n) is 5.20. The number of nitrogens with zero attached hydrogens (tertiary/aromatic N) is 3. The molecule has 0 saturated heterocycles. The molecule has 0 saturated carbocycles. The van der Waals surface area contributed by atoms with Gasteiger partial charge in [-0.05, 0) is 19.5 Å². The molecule has 0 aliphatic carbocycles. The van der Waals surface area contributed by atoms with Crippen molar-refractivity contribution in [1.82, 2.24) is 15.0 Å². The number of aryl methyl sites for hydroxylation is 1. The van der Waals surface area contributed by atoms with Crippen LogP contribution in [0.4, 0.5) is 0 Å². The fourth-order valence-corrected chi connectivity index (χ4v) is 2.08. The Morgan fingerprint density at radius 3 is 2.88 bits per heavy atom. The molecule has 0 unspecified atom stereocenters. The topological polar surface area (TPSA) is 64.7 Å². The first-order valence-corrected chi connectivity index (χ1v) is 6.08. The molecule has 0 amide bonds. The Hall–Kier alpha value is -1.33. The van der Waals surface area contributed by atoms with Crippen molar-refractivity contribution in [3.63, 3.8) is 0 Å². The van der Waals surface area contributed by atoms with E-state index in [0.717, 1.165) is 28.6 Å². The van der Waals surface area contributed by atoms with Gasteiger partial charge in [-0.1, -0.05) is 0 Å². The number of hydrogen-bond acceptors (Lipinski definition) is 5. The van der Waals surface area contributed by atoms with Gasteiger partial charge in [0.15, 0.2) is 0 Å². The zero-order valence-corrected chi connectivity index (χ0v) is 10.00. The summed E-state index contributed by atoms with van der Waals surface area (Å²) in [5.74, 6) is 0.816. The van der Waals surface area contributed by atoms with Crippen molar-refractivity contribution >= 4 is 11.3 Å². The van der Waals surface area contributed by atoms with Crippen molar-refractivity contribution in [2.24, 2.45) is 5.73 Å². The summed E-state index contributed by atoms with van der Waals surface area (Å²) < 4.78 is 0. The van der Waals surface area contributed by atoms with Gasteiger partial charge in [-0.15, -0.1) is 11.3 Å². The average Bonchev–Trinajstić information content (AvgIpc) is 2.65. The second-order valence-electron chi connectivity index (χ2n) is 3.54. The molecule has 0 spiro atoms. The molecule has 2 heterocycles. The molecule has 5 heteroatoms. The summed E-state index contributed by atoms with van der Waals surface area (Å²) in [7, 11) is 0. The van der Waals surface area contributed by atoms with Crippen LogP contribution in [0.25, 0.3) is 0 Å². The SMILES string of the molecule is Cc1nc(Cc2nccc(CCN)n2)cs1. The largest absolute Gasteiger partial charge is 0.330 e. The van der Waals surface area contributed by atoms with E-state index < -0.39 is 0 Å². The number of hydrogen-bond donors (Lipinski definition) is 1. The molecule has 0 aromatic carbocycles. The van der Waals surface area contributed by atoms with Crippen molar-refractivity contribution in [2.45, 2.75) is 19.8 Å². The van der Waals surface area contributed by atoms with Gasteiger partial charge in [-0.25, -0.2) is 15.0 Å². The smallest absolute Gasteiger partial charge is 0.134 e. The van der Waals surface area contributed by atoms with Crippen LogP contribution in [0.15, 0.2) is 17.6 Å². The number of nitrogens with two attached hydrogens (primary N) is 1. The minimum atomic E-state index is 0.617. The molecular weight excluding hydrogens is 220 g/mol. The van der Waals surface area contributed by atoms with Gasteiger partial charge in [-0.3, -0.25) is 0 Å². The first kappa shape index (κ1) is 11.2. The van der Waals surface area contributed by atoms with Crippen LogP contribution >= 0.6 is 11.3 Å². The lowest BCUT2D eigenvalue weighted by atomic mass is 10.2. The monoisotopic (exact) mass is 234 g/mol. The van der Waals surface area contributed by atoms with Crippen molar-refractivity contribution in [3.05, 3.63) is 39.9 Å². The lowest BCUT2D eigenvalue weighted by Gasteiger charge is -2.00. The maximum absolute atomic E-state index is 5.50. The van der Waals surface area contributed by atoms with E-state index in [1.54, 1.807) is 17.5 Å². The molecule has 0 fully saturated rings. The molecule has 2 aromatic rings. The third-order valence-electron chi connectivity index (χ3n) is 2.17. The highest BCUT2D eigenvalue weighted by Gasteiger charge is 2.03. The minimum absolute atomic E-state index is 0.617. The summed E-state index contributed by atoms with van der Waals surface area (Å²) >= 11 is 1.65. The van der Waals surface area contributed by atoms with Crippen LogP contribution in [-0.2, 0) is 12.8 Å². The normalized spacial score (nSPS) is 10.6. The van der Waals surface area contributed by atoms with Crippen LogP contribution < -0.4 is 5.73 Å². The molecule has 2 aromatic heterocycles. The van der Waals surface area contributed by atoms with E-state index >= 15 is 0 Å². The van der Waals surface area contributed by atoms with Crippen LogP contribution in [0.1, 0.15) is 22.2 Å². The van der Waals surface area contributed by atoms with Crippen LogP contribution in [0.5, 0.6) is 0 Å². The Labute approximate surface area is 98.6 Å². The maximum atomic E-state index is 5.50. The van der Waals surface area contributed by atoms with Crippen LogP contribution in [0.3, 0.4) is 0 Å².